The Balaban J connectivity index is 2.88. The molecule has 0 aliphatic rings. The van der Waals surface area contributed by atoms with E-state index in [1.165, 1.54) is 18.2 Å². The maximum absolute atomic E-state index is 13.6. The van der Waals surface area contributed by atoms with Gasteiger partial charge in [-0.2, -0.15) is 0 Å². The lowest BCUT2D eigenvalue weighted by Crippen LogP contribution is -2.36. The summed E-state index contributed by atoms with van der Waals surface area (Å²) in [5.41, 5.74) is -0.238. The average Bonchev–Trinajstić information content (AvgIpc) is 2.32. The van der Waals surface area contributed by atoms with Gasteiger partial charge in [0, 0.05) is 23.6 Å². The van der Waals surface area contributed by atoms with Crippen LogP contribution in [0.2, 0.25) is 0 Å². The van der Waals surface area contributed by atoms with Crippen molar-refractivity contribution in [2.24, 2.45) is 5.41 Å². The van der Waals surface area contributed by atoms with Crippen molar-refractivity contribution in [2.45, 2.75) is 33.2 Å². The second-order valence-corrected chi connectivity index (χ2v) is 5.27. The van der Waals surface area contributed by atoms with Crippen molar-refractivity contribution in [3.05, 3.63) is 48.1 Å². The summed E-state index contributed by atoms with van der Waals surface area (Å²) in [5, 5.41) is 3.28. The maximum Gasteiger partial charge on any atom is 0.129 e. The second kappa shape index (κ2) is 6.10. The molecule has 1 rings (SSSR count). The highest BCUT2D eigenvalue weighted by Crippen LogP contribution is 2.26. The van der Waals surface area contributed by atoms with Crippen LogP contribution in [-0.4, -0.2) is 12.6 Å². The molecule has 0 aromatic heterocycles. The zero-order valence-corrected chi connectivity index (χ0v) is 11.3. The van der Waals surface area contributed by atoms with Gasteiger partial charge in [0.2, 0.25) is 0 Å². The molecule has 0 aliphatic carbocycles. The first-order chi connectivity index (χ1) is 8.38. The minimum absolute atomic E-state index is 0.130. The largest absolute Gasteiger partial charge is 0.314 e. The predicted molar refractivity (Wildman–Crippen MR) is 71.5 cm³/mol. The van der Waals surface area contributed by atoms with Gasteiger partial charge in [0.1, 0.15) is 11.6 Å². The Morgan fingerprint density at radius 2 is 1.89 bits per heavy atom. The lowest BCUT2D eigenvalue weighted by Gasteiger charge is -2.28. The van der Waals surface area contributed by atoms with Gasteiger partial charge in [-0.1, -0.05) is 32.9 Å². The molecule has 0 fully saturated rings. The summed E-state index contributed by atoms with van der Waals surface area (Å²) < 4.78 is 27.2. The van der Waals surface area contributed by atoms with Crippen LogP contribution >= 0.6 is 0 Å². The van der Waals surface area contributed by atoms with Crippen LogP contribution in [0.3, 0.4) is 0 Å². The fourth-order valence-corrected chi connectivity index (χ4v) is 1.75. The molecule has 1 N–H and O–H groups in total. The van der Waals surface area contributed by atoms with Crippen LogP contribution in [0.25, 0.3) is 0 Å². The van der Waals surface area contributed by atoms with Crippen LogP contribution in [0.4, 0.5) is 8.78 Å². The Bertz CT molecular complexity index is 395. The minimum Gasteiger partial charge on any atom is -0.314 e. The number of hydrogen-bond donors (Lipinski definition) is 1. The summed E-state index contributed by atoms with van der Waals surface area (Å²) in [4.78, 5) is 0. The molecule has 18 heavy (non-hydrogen) atoms. The molecule has 1 unspecified atom stereocenters. The number of rotatable bonds is 6. The van der Waals surface area contributed by atoms with E-state index in [2.05, 4.69) is 11.9 Å². The van der Waals surface area contributed by atoms with Crippen LogP contribution in [0.15, 0.2) is 30.9 Å². The Hall–Kier alpha value is -1.22. The van der Waals surface area contributed by atoms with Crippen molar-refractivity contribution in [1.29, 1.82) is 0 Å². The van der Waals surface area contributed by atoms with E-state index in [9.17, 15) is 8.78 Å². The van der Waals surface area contributed by atoms with Crippen molar-refractivity contribution in [3.63, 3.8) is 0 Å². The van der Waals surface area contributed by atoms with E-state index < -0.39 is 11.6 Å². The molecular formula is C15H21F2N. The third-order valence-corrected chi connectivity index (χ3v) is 3.05. The Kier molecular flexibility index (Phi) is 5.03. The van der Waals surface area contributed by atoms with Crippen LogP contribution in [0.5, 0.6) is 0 Å². The van der Waals surface area contributed by atoms with Gasteiger partial charge in [0.15, 0.2) is 0 Å². The molecule has 1 aromatic rings. The van der Waals surface area contributed by atoms with E-state index in [4.69, 9.17) is 0 Å². The van der Waals surface area contributed by atoms with E-state index >= 15 is 0 Å². The zero-order valence-electron chi connectivity index (χ0n) is 11.3. The molecule has 0 amide bonds. The summed E-state index contributed by atoms with van der Waals surface area (Å²) >= 11 is 0. The molecule has 0 bridgehead atoms. The molecule has 0 heterocycles. The molecule has 3 heteroatoms. The predicted octanol–water partition coefficient (Wildman–Crippen LogP) is 3.70. The Labute approximate surface area is 108 Å². The van der Waals surface area contributed by atoms with Gasteiger partial charge in [-0.25, -0.2) is 8.78 Å². The summed E-state index contributed by atoms with van der Waals surface area (Å²) in [5.74, 6) is -0.986. The third-order valence-electron chi connectivity index (χ3n) is 3.05. The highest BCUT2D eigenvalue weighted by atomic mass is 19.1. The summed E-state index contributed by atoms with van der Waals surface area (Å²) in [6, 6.07) is 4.29. The molecule has 0 radical (unpaired) electrons. The molecule has 0 aliphatic heterocycles. The zero-order chi connectivity index (χ0) is 13.8. The standard InChI is InChI=1S/C15H21F2N/c1-5-15(4,10-18-11(2)3)9-12-13(16)7-6-8-14(12)17/h5-8,11,18H,1,9-10H2,2-4H3. The molecule has 1 aromatic carbocycles. The third kappa shape index (κ3) is 3.91. The highest BCUT2D eigenvalue weighted by molar-refractivity contribution is 5.22. The fourth-order valence-electron chi connectivity index (χ4n) is 1.75. The van der Waals surface area contributed by atoms with Gasteiger partial charge < -0.3 is 5.32 Å². The van der Waals surface area contributed by atoms with Gasteiger partial charge >= 0.3 is 0 Å². The number of benzene rings is 1. The number of hydrogen-bond acceptors (Lipinski definition) is 1. The van der Waals surface area contributed by atoms with Crippen molar-refractivity contribution in [3.8, 4) is 0 Å². The van der Waals surface area contributed by atoms with Crippen LogP contribution in [0, 0.1) is 17.0 Å². The van der Waals surface area contributed by atoms with Crippen molar-refractivity contribution >= 4 is 0 Å². The normalized spacial score (nSPS) is 14.6. The average molecular weight is 253 g/mol. The lowest BCUT2D eigenvalue weighted by atomic mass is 9.83. The monoisotopic (exact) mass is 253 g/mol. The van der Waals surface area contributed by atoms with E-state index in [0.29, 0.717) is 19.0 Å². The number of nitrogens with one attached hydrogen (secondary N) is 1. The van der Waals surface area contributed by atoms with Crippen LogP contribution in [0.1, 0.15) is 26.3 Å². The Morgan fingerprint density at radius 3 is 2.33 bits per heavy atom. The summed E-state index contributed by atoms with van der Waals surface area (Å²) in [6.45, 7) is 10.4. The van der Waals surface area contributed by atoms with E-state index in [0.717, 1.165) is 0 Å². The second-order valence-electron chi connectivity index (χ2n) is 5.27. The van der Waals surface area contributed by atoms with Crippen LogP contribution in [-0.2, 0) is 6.42 Å². The first-order valence-corrected chi connectivity index (χ1v) is 6.18. The van der Waals surface area contributed by atoms with Crippen molar-refractivity contribution in [1.82, 2.24) is 5.32 Å². The van der Waals surface area contributed by atoms with Gasteiger partial charge in [-0.05, 0) is 18.6 Å². The van der Waals surface area contributed by atoms with E-state index in [1.807, 2.05) is 20.8 Å². The molecule has 0 saturated heterocycles. The minimum atomic E-state index is -0.493. The van der Waals surface area contributed by atoms with Gasteiger partial charge in [0.25, 0.3) is 0 Å². The molecule has 1 atom stereocenters. The maximum atomic E-state index is 13.6. The first kappa shape index (κ1) is 14.8. The van der Waals surface area contributed by atoms with E-state index in [1.54, 1.807) is 6.08 Å². The van der Waals surface area contributed by atoms with Crippen molar-refractivity contribution < 1.29 is 8.78 Å². The first-order valence-electron chi connectivity index (χ1n) is 6.18. The SMILES string of the molecule is C=CC(C)(CNC(C)C)Cc1c(F)cccc1F. The number of halogens is 2. The summed E-state index contributed by atoms with van der Waals surface area (Å²) in [6.07, 6.45) is 2.06. The summed E-state index contributed by atoms with van der Waals surface area (Å²) in [7, 11) is 0. The van der Waals surface area contributed by atoms with Crippen molar-refractivity contribution in [2.75, 3.05) is 6.54 Å². The smallest absolute Gasteiger partial charge is 0.129 e. The van der Waals surface area contributed by atoms with Gasteiger partial charge in [-0.3, -0.25) is 0 Å². The molecule has 0 saturated carbocycles. The van der Waals surface area contributed by atoms with Gasteiger partial charge in [-0.15, -0.1) is 6.58 Å². The quantitative estimate of drug-likeness (QED) is 0.762. The lowest BCUT2D eigenvalue weighted by molar-refractivity contribution is 0.362. The molecular weight excluding hydrogens is 232 g/mol. The molecule has 0 spiro atoms. The van der Waals surface area contributed by atoms with E-state index in [-0.39, 0.29) is 11.0 Å². The highest BCUT2D eigenvalue weighted by Gasteiger charge is 2.24. The Morgan fingerprint density at radius 1 is 1.33 bits per heavy atom. The van der Waals surface area contributed by atoms with Gasteiger partial charge in [0.05, 0.1) is 0 Å². The molecule has 1 nitrogen and oxygen atoms in total. The molecule has 100 valence electrons. The van der Waals surface area contributed by atoms with Crippen LogP contribution < -0.4 is 5.32 Å². The fraction of sp³-hybridized carbons (Fsp3) is 0.467. The topological polar surface area (TPSA) is 12.0 Å².